The number of ether oxygens (including phenoxy) is 1. The summed E-state index contributed by atoms with van der Waals surface area (Å²) in [5, 5.41) is 9.61. The van der Waals surface area contributed by atoms with Crippen LogP contribution < -0.4 is 10.9 Å². The Kier molecular flexibility index (Phi) is 21.1. The minimum atomic E-state index is -0.563. The van der Waals surface area contributed by atoms with Crippen LogP contribution in [0.15, 0.2) is 30.9 Å². The summed E-state index contributed by atoms with van der Waals surface area (Å²) < 4.78 is 5.33. The molecule has 0 radical (unpaired) electrons. The van der Waals surface area contributed by atoms with E-state index < -0.39 is 17.3 Å². The van der Waals surface area contributed by atoms with E-state index in [-0.39, 0.29) is 10.8 Å². The normalized spacial score (nSPS) is 14.0. The van der Waals surface area contributed by atoms with E-state index in [4.69, 9.17) is 15.7 Å². The molecule has 3 N–H and O–H groups in total. The van der Waals surface area contributed by atoms with Gasteiger partial charge in [0.2, 0.25) is 0 Å². The van der Waals surface area contributed by atoms with Crippen LogP contribution in [-0.2, 0) is 15.6 Å². The van der Waals surface area contributed by atoms with E-state index in [1.54, 1.807) is 26.8 Å². The van der Waals surface area contributed by atoms with Crippen LogP contribution in [0.25, 0.3) is 0 Å². The molecule has 0 unspecified atom stereocenters. The fraction of sp³-hybridized carbons (Fsp3) is 0.710. The Labute approximate surface area is 225 Å². The van der Waals surface area contributed by atoms with Crippen molar-refractivity contribution in [3.05, 3.63) is 42.0 Å². The molecule has 2 rings (SSSR count). The highest BCUT2D eigenvalue weighted by Crippen LogP contribution is 2.50. The number of carbonyl (C=O) groups excluding carboxylic acids is 1. The number of amides is 1. The third-order valence-electron chi connectivity index (χ3n) is 4.21. The third kappa shape index (κ3) is 17.6. The Morgan fingerprint density at radius 2 is 1.28 bits per heavy atom. The SMILES string of the molecule is C=CC.CC.CC.CC.CC(C)(C)O.CC(C)(C)OC(=O)N(N)c1ccc2c(c1)C(C)(C)CC2(C)C. The Morgan fingerprint density at radius 1 is 0.944 bits per heavy atom. The molecule has 5 heteroatoms. The van der Waals surface area contributed by atoms with E-state index in [1.807, 2.05) is 81.4 Å². The first-order valence-corrected chi connectivity index (χ1v) is 13.5. The molecule has 0 bridgehead atoms. The Bertz CT molecular complexity index is 718. The maximum Gasteiger partial charge on any atom is 0.429 e. The van der Waals surface area contributed by atoms with Crippen LogP contribution >= 0.6 is 0 Å². The molecule has 0 atom stereocenters. The molecule has 214 valence electrons. The highest BCUT2D eigenvalue weighted by atomic mass is 16.6. The van der Waals surface area contributed by atoms with Gasteiger partial charge in [0.15, 0.2) is 0 Å². The number of carbonyl (C=O) groups is 1. The molecule has 0 aliphatic heterocycles. The lowest BCUT2D eigenvalue weighted by Crippen LogP contribution is -2.41. The Hall–Kier alpha value is -1.85. The standard InChI is InChI=1S/C18H28N2O2.C4H10O.C3H6.3C2H6/c1-16(2,3)22-15(21)20(19)12-8-9-13-14(10-12)18(6,7)11-17(13,4)5;1-4(2,3)5;1-3-2;3*1-2/h8-10H,11,19H2,1-7H3;5H,1-3H3;3H,1H2,2H3;3*1-2H3. The van der Waals surface area contributed by atoms with Crippen molar-refractivity contribution >= 4 is 11.8 Å². The van der Waals surface area contributed by atoms with Crippen molar-refractivity contribution in [3.63, 3.8) is 0 Å². The van der Waals surface area contributed by atoms with Gasteiger partial charge in [-0.2, -0.15) is 0 Å². The maximum atomic E-state index is 12.1. The smallest absolute Gasteiger partial charge is 0.429 e. The molecule has 1 aromatic rings. The molecule has 0 spiro atoms. The van der Waals surface area contributed by atoms with Crippen LogP contribution in [0.4, 0.5) is 10.5 Å². The first kappa shape index (κ1) is 41.3. The predicted molar refractivity (Wildman–Crippen MR) is 162 cm³/mol. The van der Waals surface area contributed by atoms with Crippen LogP contribution in [0, 0.1) is 0 Å². The van der Waals surface area contributed by atoms with Gasteiger partial charge in [-0.25, -0.2) is 15.6 Å². The zero-order chi connectivity index (χ0) is 30.1. The second-order valence-corrected chi connectivity index (χ2v) is 11.1. The molecular formula is C31H62N2O3. The number of fused-ring (bicyclic) bond motifs is 1. The van der Waals surface area contributed by atoms with Gasteiger partial charge < -0.3 is 9.84 Å². The highest BCUT2D eigenvalue weighted by molar-refractivity contribution is 5.86. The Morgan fingerprint density at radius 3 is 1.61 bits per heavy atom. The number of nitrogens with zero attached hydrogens (tertiary/aromatic N) is 1. The number of aliphatic hydroxyl groups is 1. The molecule has 1 aliphatic carbocycles. The van der Waals surface area contributed by atoms with Crippen LogP contribution in [0.1, 0.15) is 135 Å². The molecule has 1 aliphatic rings. The van der Waals surface area contributed by atoms with Gasteiger partial charge >= 0.3 is 6.09 Å². The zero-order valence-corrected chi connectivity index (χ0v) is 27.0. The van der Waals surface area contributed by atoms with Gasteiger partial charge in [-0.3, -0.25) is 0 Å². The number of allylic oxidation sites excluding steroid dienone is 1. The van der Waals surface area contributed by atoms with E-state index in [9.17, 15) is 4.79 Å². The summed E-state index contributed by atoms with van der Waals surface area (Å²) in [4.78, 5) is 12.1. The van der Waals surface area contributed by atoms with E-state index in [2.05, 4.69) is 40.3 Å². The zero-order valence-electron chi connectivity index (χ0n) is 27.0. The average Bonchev–Trinajstić information content (AvgIpc) is 2.93. The largest absolute Gasteiger partial charge is 0.442 e. The van der Waals surface area contributed by atoms with Crippen LogP contribution in [0.5, 0.6) is 0 Å². The van der Waals surface area contributed by atoms with Crippen molar-refractivity contribution in [2.45, 2.75) is 146 Å². The summed E-state index contributed by atoms with van der Waals surface area (Å²) in [6.45, 7) is 36.9. The highest BCUT2D eigenvalue weighted by Gasteiger charge is 2.42. The van der Waals surface area contributed by atoms with E-state index in [0.29, 0.717) is 5.69 Å². The van der Waals surface area contributed by atoms with E-state index in [0.717, 1.165) is 11.4 Å². The van der Waals surface area contributed by atoms with Gasteiger partial charge in [-0.15, -0.1) is 6.58 Å². The lowest BCUT2D eigenvalue weighted by molar-refractivity contribution is 0.0580. The van der Waals surface area contributed by atoms with Crippen molar-refractivity contribution in [2.24, 2.45) is 5.84 Å². The summed E-state index contributed by atoms with van der Waals surface area (Å²) in [7, 11) is 0. The quantitative estimate of drug-likeness (QED) is 0.171. The first-order valence-electron chi connectivity index (χ1n) is 13.5. The molecular weight excluding hydrogens is 448 g/mol. The van der Waals surface area contributed by atoms with Crippen molar-refractivity contribution in [1.29, 1.82) is 0 Å². The van der Waals surface area contributed by atoms with Crippen molar-refractivity contribution in [3.8, 4) is 0 Å². The topological polar surface area (TPSA) is 75.8 Å². The fourth-order valence-corrected chi connectivity index (χ4v) is 3.54. The van der Waals surface area contributed by atoms with Crippen LogP contribution in [-0.4, -0.2) is 22.4 Å². The monoisotopic (exact) mass is 510 g/mol. The summed E-state index contributed by atoms with van der Waals surface area (Å²) >= 11 is 0. The van der Waals surface area contributed by atoms with Gasteiger partial charge in [-0.05, 0) is 89.0 Å². The summed E-state index contributed by atoms with van der Waals surface area (Å²) in [5.41, 5.74) is 2.41. The van der Waals surface area contributed by atoms with Crippen molar-refractivity contribution in [1.82, 2.24) is 0 Å². The van der Waals surface area contributed by atoms with Gasteiger partial charge in [0.05, 0.1) is 11.3 Å². The lowest BCUT2D eigenvalue weighted by atomic mass is 9.82. The maximum absolute atomic E-state index is 12.1. The fourth-order valence-electron chi connectivity index (χ4n) is 3.54. The first-order chi connectivity index (χ1) is 16.2. The average molecular weight is 511 g/mol. The number of hydrogen-bond acceptors (Lipinski definition) is 4. The summed E-state index contributed by atoms with van der Waals surface area (Å²) in [6.07, 6.45) is 2.29. The molecule has 1 amide bonds. The van der Waals surface area contributed by atoms with Crippen LogP contribution in [0.3, 0.4) is 0 Å². The van der Waals surface area contributed by atoms with Crippen molar-refractivity contribution in [2.75, 3.05) is 5.01 Å². The second-order valence-electron chi connectivity index (χ2n) is 11.1. The molecule has 5 nitrogen and oxygen atoms in total. The number of anilines is 1. The third-order valence-corrected chi connectivity index (χ3v) is 4.21. The van der Waals surface area contributed by atoms with E-state index in [1.165, 1.54) is 11.1 Å². The molecule has 0 fully saturated rings. The number of rotatable bonds is 1. The van der Waals surface area contributed by atoms with Gasteiger partial charge in [-0.1, -0.05) is 81.4 Å². The Balaban J connectivity index is -0.000000307. The van der Waals surface area contributed by atoms with Gasteiger partial charge in [0.25, 0.3) is 0 Å². The minimum absolute atomic E-state index is 0.0730. The predicted octanol–water partition coefficient (Wildman–Crippen LogP) is 9.31. The van der Waals surface area contributed by atoms with Crippen molar-refractivity contribution < 1.29 is 14.6 Å². The second kappa shape index (κ2) is 18.4. The number of hydrazine groups is 1. The number of nitrogens with two attached hydrogens (primary N) is 1. The number of hydrogen-bond donors (Lipinski definition) is 2. The molecule has 0 saturated carbocycles. The lowest BCUT2D eigenvalue weighted by Gasteiger charge is -2.25. The minimum Gasteiger partial charge on any atom is -0.442 e. The summed E-state index contributed by atoms with van der Waals surface area (Å²) in [5.74, 6) is 5.95. The molecule has 1 aromatic carbocycles. The summed E-state index contributed by atoms with van der Waals surface area (Å²) in [6, 6.07) is 6.00. The van der Waals surface area contributed by atoms with E-state index >= 15 is 0 Å². The molecule has 36 heavy (non-hydrogen) atoms. The van der Waals surface area contributed by atoms with Gasteiger partial charge in [0.1, 0.15) is 5.60 Å². The molecule has 0 aromatic heterocycles. The molecule has 0 heterocycles. The molecule has 0 saturated heterocycles. The van der Waals surface area contributed by atoms with Gasteiger partial charge in [0, 0.05) is 0 Å². The number of benzene rings is 1. The van der Waals surface area contributed by atoms with Crippen LogP contribution in [0.2, 0.25) is 0 Å².